The third kappa shape index (κ3) is 1.75. The predicted molar refractivity (Wildman–Crippen MR) is 65.9 cm³/mol. The highest BCUT2D eigenvalue weighted by Crippen LogP contribution is 2.31. The minimum absolute atomic E-state index is 0.128. The van der Waals surface area contributed by atoms with Crippen LogP contribution in [-0.2, 0) is 4.74 Å². The summed E-state index contributed by atoms with van der Waals surface area (Å²) in [6.07, 6.45) is -3.09. The highest BCUT2D eigenvalue weighted by atomic mass is 16.6. The Kier molecular flexibility index (Phi) is 3.05. The number of hydrogen-bond acceptors (Lipinski definition) is 7. The van der Waals surface area contributed by atoms with Crippen LogP contribution in [0, 0.1) is 6.92 Å². The first kappa shape index (κ1) is 13.2. The number of nitrogens with zero attached hydrogens (tertiary/aromatic N) is 3. The van der Waals surface area contributed by atoms with Crippen molar-refractivity contribution in [3.8, 4) is 0 Å². The highest BCUT2D eigenvalue weighted by molar-refractivity contribution is 5.70. The van der Waals surface area contributed by atoms with Gasteiger partial charge in [0.25, 0.3) is 5.56 Å². The summed E-state index contributed by atoms with van der Waals surface area (Å²) in [5.41, 5.74) is -0.0209. The Labute approximate surface area is 112 Å². The van der Waals surface area contributed by atoms with Crippen molar-refractivity contribution < 1.29 is 20.1 Å². The maximum Gasteiger partial charge on any atom is 0.278 e. The van der Waals surface area contributed by atoms with Crippen LogP contribution < -0.4 is 5.56 Å². The summed E-state index contributed by atoms with van der Waals surface area (Å²) in [6, 6.07) is 0. The quantitative estimate of drug-likeness (QED) is 0.502. The Morgan fingerprint density at radius 1 is 1.45 bits per heavy atom. The smallest absolute Gasteiger partial charge is 0.278 e. The molecule has 0 amide bonds. The van der Waals surface area contributed by atoms with Crippen LogP contribution >= 0.6 is 0 Å². The molecule has 9 nitrogen and oxygen atoms in total. The second-order valence-corrected chi connectivity index (χ2v) is 4.66. The first-order chi connectivity index (χ1) is 9.54. The number of aliphatic hydroxyl groups excluding tert-OH is 3. The van der Waals surface area contributed by atoms with Gasteiger partial charge in [-0.25, -0.2) is 9.97 Å². The fraction of sp³-hybridized carbons (Fsp3) is 0.545. The second-order valence-electron chi connectivity index (χ2n) is 4.66. The first-order valence-electron chi connectivity index (χ1n) is 6.09. The molecule has 9 heteroatoms. The number of fused-ring (bicyclic) bond motifs is 1. The summed E-state index contributed by atoms with van der Waals surface area (Å²) >= 11 is 0. The minimum atomic E-state index is -1.25. The molecule has 0 bridgehead atoms. The van der Waals surface area contributed by atoms with Crippen molar-refractivity contribution in [1.29, 1.82) is 0 Å². The van der Waals surface area contributed by atoms with Gasteiger partial charge < -0.3 is 25.0 Å². The summed E-state index contributed by atoms with van der Waals surface area (Å²) in [5.74, 6) is 0.416. The van der Waals surface area contributed by atoms with E-state index in [2.05, 4.69) is 15.0 Å². The van der Waals surface area contributed by atoms with E-state index in [4.69, 9.17) is 9.84 Å². The van der Waals surface area contributed by atoms with Gasteiger partial charge in [-0.1, -0.05) is 0 Å². The molecule has 0 radical (unpaired) electrons. The van der Waals surface area contributed by atoms with Crippen molar-refractivity contribution in [2.45, 2.75) is 31.5 Å². The maximum absolute atomic E-state index is 11.7. The number of aliphatic hydroxyl groups is 3. The van der Waals surface area contributed by atoms with E-state index in [1.165, 1.54) is 10.9 Å². The maximum atomic E-state index is 11.7. The van der Waals surface area contributed by atoms with E-state index in [-0.39, 0.29) is 11.2 Å². The van der Waals surface area contributed by atoms with Crippen LogP contribution in [-0.4, -0.2) is 59.8 Å². The Balaban J connectivity index is 2.14. The Hall–Kier alpha value is -1.81. The molecule has 3 heterocycles. The molecule has 4 atom stereocenters. The van der Waals surface area contributed by atoms with Gasteiger partial charge in [-0.05, 0) is 6.92 Å². The molecule has 4 N–H and O–H groups in total. The summed E-state index contributed by atoms with van der Waals surface area (Å²) in [6.45, 7) is 1.21. The van der Waals surface area contributed by atoms with Crippen molar-refractivity contribution in [3.63, 3.8) is 0 Å². The summed E-state index contributed by atoms with van der Waals surface area (Å²) < 4.78 is 6.87. The lowest BCUT2D eigenvalue weighted by Gasteiger charge is -2.18. The lowest BCUT2D eigenvalue weighted by Crippen LogP contribution is -2.33. The molecule has 1 aliphatic rings. The van der Waals surface area contributed by atoms with Gasteiger partial charge in [0.1, 0.15) is 24.1 Å². The zero-order valence-electron chi connectivity index (χ0n) is 10.6. The number of hydrogen-bond donors (Lipinski definition) is 4. The molecular weight excluding hydrogens is 268 g/mol. The molecule has 0 aliphatic carbocycles. The molecule has 20 heavy (non-hydrogen) atoms. The van der Waals surface area contributed by atoms with Gasteiger partial charge in [-0.15, -0.1) is 0 Å². The highest BCUT2D eigenvalue weighted by Gasteiger charge is 2.44. The molecule has 1 saturated heterocycles. The van der Waals surface area contributed by atoms with Crippen LogP contribution in [0.25, 0.3) is 11.2 Å². The lowest BCUT2D eigenvalue weighted by molar-refractivity contribution is -0.0519. The number of aromatic nitrogens is 4. The SMILES string of the molecule is Cc1nc2c(=O)[nH]cnc2n1[C@@H]1O[C@H](CO)[C@@H](O)[C@H]1O. The van der Waals surface area contributed by atoms with Crippen LogP contribution in [0.15, 0.2) is 11.1 Å². The van der Waals surface area contributed by atoms with Crippen molar-refractivity contribution >= 4 is 11.2 Å². The predicted octanol–water partition coefficient (Wildman–Crippen LogP) is -1.96. The van der Waals surface area contributed by atoms with E-state index in [9.17, 15) is 15.0 Å². The Bertz CT molecular complexity index is 696. The third-order valence-electron chi connectivity index (χ3n) is 3.43. The van der Waals surface area contributed by atoms with Crippen molar-refractivity contribution in [2.24, 2.45) is 0 Å². The summed E-state index contributed by atoms with van der Waals surface area (Å²) in [5, 5.41) is 28.9. The van der Waals surface area contributed by atoms with E-state index < -0.39 is 36.7 Å². The van der Waals surface area contributed by atoms with Gasteiger partial charge in [-0.3, -0.25) is 9.36 Å². The monoisotopic (exact) mass is 282 g/mol. The van der Waals surface area contributed by atoms with E-state index in [0.717, 1.165) is 0 Å². The normalized spacial score (nSPS) is 30.2. The molecule has 3 rings (SSSR count). The number of aromatic amines is 1. The van der Waals surface area contributed by atoms with Crippen LogP contribution in [0.4, 0.5) is 0 Å². The zero-order valence-corrected chi connectivity index (χ0v) is 10.6. The molecule has 108 valence electrons. The van der Waals surface area contributed by atoms with Gasteiger partial charge in [0.05, 0.1) is 12.9 Å². The molecule has 2 aromatic rings. The van der Waals surface area contributed by atoms with E-state index in [1.54, 1.807) is 6.92 Å². The largest absolute Gasteiger partial charge is 0.394 e. The zero-order chi connectivity index (χ0) is 14.4. The number of rotatable bonds is 2. The number of H-pyrrole nitrogens is 1. The number of ether oxygens (including phenoxy) is 1. The standard InChI is InChI=1S/C11H14N4O5/c1-4-14-6-9(12-3-13-10(6)19)15(4)11-8(18)7(17)5(2-16)20-11/h3,5,7-8,11,16-18H,2H2,1H3,(H,12,13,19)/t5-,7-,8-,11-/m1/s1. The topological polar surface area (TPSA) is 133 Å². The minimum Gasteiger partial charge on any atom is -0.394 e. The third-order valence-corrected chi connectivity index (χ3v) is 3.43. The molecule has 0 unspecified atom stereocenters. The van der Waals surface area contributed by atoms with E-state index >= 15 is 0 Å². The van der Waals surface area contributed by atoms with Crippen molar-refractivity contribution in [3.05, 3.63) is 22.5 Å². The van der Waals surface area contributed by atoms with E-state index in [0.29, 0.717) is 5.82 Å². The fourth-order valence-corrected chi connectivity index (χ4v) is 2.43. The molecule has 0 saturated carbocycles. The summed E-state index contributed by atoms with van der Waals surface area (Å²) in [7, 11) is 0. The molecule has 0 spiro atoms. The van der Waals surface area contributed by atoms with Gasteiger partial charge in [-0.2, -0.15) is 0 Å². The second kappa shape index (κ2) is 4.63. The average molecular weight is 282 g/mol. The molecule has 1 aliphatic heterocycles. The number of imidazole rings is 1. The van der Waals surface area contributed by atoms with E-state index in [1.807, 2.05) is 0 Å². The van der Waals surface area contributed by atoms with Gasteiger partial charge in [0.2, 0.25) is 0 Å². The molecule has 0 aromatic carbocycles. The fourth-order valence-electron chi connectivity index (χ4n) is 2.43. The number of nitrogens with one attached hydrogen (secondary N) is 1. The van der Waals surface area contributed by atoms with Crippen molar-refractivity contribution in [2.75, 3.05) is 6.61 Å². The van der Waals surface area contributed by atoms with Crippen LogP contribution in [0.5, 0.6) is 0 Å². The van der Waals surface area contributed by atoms with Gasteiger partial charge >= 0.3 is 0 Å². The summed E-state index contributed by atoms with van der Waals surface area (Å²) in [4.78, 5) is 22.2. The Morgan fingerprint density at radius 3 is 2.85 bits per heavy atom. The average Bonchev–Trinajstić information content (AvgIpc) is 2.90. The number of aryl methyl sites for hydroxylation is 1. The van der Waals surface area contributed by atoms with Crippen LogP contribution in [0.1, 0.15) is 12.1 Å². The molecule has 1 fully saturated rings. The van der Waals surface area contributed by atoms with Gasteiger partial charge in [0.15, 0.2) is 17.4 Å². The molecular formula is C11H14N4O5. The van der Waals surface area contributed by atoms with Gasteiger partial charge in [0, 0.05) is 0 Å². The first-order valence-corrected chi connectivity index (χ1v) is 6.09. The lowest BCUT2D eigenvalue weighted by atomic mass is 10.1. The molecule has 2 aromatic heterocycles. The van der Waals surface area contributed by atoms with Crippen LogP contribution in [0.2, 0.25) is 0 Å². The van der Waals surface area contributed by atoms with Crippen molar-refractivity contribution in [1.82, 2.24) is 19.5 Å². The van der Waals surface area contributed by atoms with Crippen LogP contribution in [0.3, 0.4) is 0 Å². The Morgan fingerprint density at radius 2 is 2.20 bits per heavy atom.